The summed E-state index contributed by atoms with van der Waals surface area (Å²) in [6, 6.07) is 0. The van der Waals surface area contributed by atoms with E-state index in [1.165, 1.54) is 0 Å². The number of alkyl halides is 5. The number of hydrogen-bond acceptors (Lipinski definition) is 2. The normalized spacial score (nSPS) is 13.7. The van der Waals surface area contributed by atoms with E-state index < -0.39 is 51.5 Å². The zero-order valence-electron chi connectivity index (χ0n) is 12.1. The van der Waals surface area contributed by atoms with Crippen LogP contribution in [0.4, 0.5) is 35.1 Å². The Morgan fingerprint density at radius 1 is 0.840 bits per heavy atom. The van der Waals surface area contributed by atoms with Gasteiger partial charge < -0.3 is 9.47 Å². The maximum absolute atomic E-state index is 13.6. The van der Waals surface area contributed by atoms with Crippen molar-refractivity contribution in [2.75, 3.05) is 0 Å². The van der Waals surface area contributed by atoms with E-state index in [9.17, 15) is 35.1 Å². The van der Waals surface area contributed by atoms with Gasteiger partial charge in [0.1, 0.15) is 5.76 Å². The third-order valence-electron chi connectivity index (χ3n) is 2.10. The highest BCUT2D eigenvalue weighted by molar-refractivity contribution is 9.11. The van der Waals surface area contributed by atoms with Crippen LogP contribution in [0.2, 0.25) is 0 Å². The molecule has 0 saturated carbocycles. The highest BCUT2D eigenvalue weighted by atomic mass is 79.9. The predicted octanol–water partition coefficient (Wildman–Crippen LogP) is 6.63. The SMILES string of the molecule is C=C(/C=C(/F)C(=C)OC(F)(F)F)OC(F)(F)C(=C)/C(F)=C(/F)C(=C)Br. The van der Waals surface area contributed by atoms with Crippen LogP contribution in [-0.2, 0) is 9.47 Å². The van der Waals surface area contributed by atoms with Crippen LogP contribution in [0, 0.1) is 0 Å². The summed E-state index contributed by atoms with van der Waals surface area (Å²) in [6.45, 7) is 10.9. The Bertz CT molecular complexity index is 658. The molecule has 0 radical (unpaired) electrons. The van der Waals surface area contributed by atoms with Crippen LogP contribution in [0.25, 0.3) is 0 Å². The van der Waals surface area contributed by atoms with E-state index in [1.807, 2.05) is 0 Å². The van der Waals surface area contributed by atoms with Gasteiger partial charge in [-0.15, -0.1) is 13.2 Å². The molecule has 0 N–H and O–H groups in total. The summed E-state index contributed by atoms with van der Waals surface area (Å²) in [6.07, 6.45) is -9.91. The molecule has 0 aromatic carbocycles. The fourth-order valence-corrected chi connectivity index (χ4v) is 1.22. The average Bonchev–Trinajstić information content (AvgIpc) is 2.41. The zero-order chi connectivity index (χ0) is 20.2. The van der Waals surface area contributed by atoms with Gasteiger partial charge in [0.05, 0.1) is 5.57 Å². The first-order valence-electron chi connectivity index (χ1n) is 5.76. The molecule has 11 heteroatoms. The average molecular weight is 441 g/mol. The number of hydrogen-bond donors (Lipinski definition) is 0. The van der Waals surface area contributed by atoms with E-state index in [0.29, 0.717) is 0 Å². The van der Waals surface area contributed by atoms with E-state index in [1.54, 1.807) is 0 Å². The second kappa shape index (κ2) is 8.37. The van der Waals surface area contributed by atoms with Crippen molar-refractivity contribution in [3.63, 3.8) is 0 Å². The Morgan fingerprint density at radius 2 is 1.32 bits per heavy atom. The number of halogens is 9. The van der Waals surface area contributed by atoms with Gasteiger partial charge in [0.2, 0.25) is 0 Å². The van der Waals surface area contributed by atoms with Crippen LogP contribution in [0.3, 0.4) is 0 Å². The molecule has 2 nitrogen and oxygen atoms in total. The molecule has 0 aliphatic rings. The molecule has 25 heavy (non-hydrogen) atoms. The number of allylic oxidation sites excluding steroid dienone is 4. The van der Waals surface area contributed by atoms with Crippen molar-refractivity contribution < 1.29 is 44.6 Å². The Hall–Kier alpha value is -2.04. The van der Waals surface area contributed by atoms with Crippen LogP contribution >= 0.6 is 15.9 Å². The summed E-state index contributed by atoms with van der Waals surface area (Å²) in [5.74, 6) is -8.57. The van der Waals surface area contributed by atoms with Crippen LogP contribution in [0.15, 0.2) is 71.4 Å². The molecule has 0 rings (SSSR count). The van der Waals surface area contributed by atoms with Crippen molar-refractivity contribution in [3.05, 3.63) is 71.4 Å². The molecular weight excluding hydrogens is 432 g/mol. The van der Waals surface area contributed by atoms with E-state index in [-0.39, 0.29) is 6.08 Å². The van der Waals surface area contributed by atoms with Crippen molar-refractivity contribution >= 4 is 15.9 Å². The quantitative estimate of drug-likeness (QED) is 0.239. The Labute approximate surface area is 145 Å². The van der Waals surface area contributed by atoms with Crippen LogP contribution in [0.5, 0.6) is 0 Å². The molecular formula is C14H9BrF8O2. The molecule has 140 valence electrons. The molecule has 0 fully saturated rings. The minimum atomic E-state index is -5.27. The van der Waals surface area contributed by atoms with Gasteiger partial charge in [0.15, 0.2) is 23.2 Å². The first-order chi connectivity index (χ1) is 11.1. The lowest BCUT2D eigenvalue weighted by Gasteiger charge is -2.19. The van der Waals surface area contributed by atoms with Crippen molar-refractivity contribution in [2.45, 2.75) is 12.5 Å². The van der Waals surface area contributed by atoms with Crippen molar-refractivity contribution in [1.82, 2.24) is 0 Å². The first-order valence-corrected chi connectivity index (χ1v) is 6.55. The van der Waals surface area contributed by atoms with Crippen LogP contribution in [0.1, 0.15) is 0 Å². The van der Waals surface area contributed by atoms with Gasteiger partial charge >= 0.3 is 12.5 Å². The molecule has 0 aliphatic heterocycles. The van der Waals surface area contributed by atoms with Crippen LogP contribution < -0.4 is 0 Å². The Morgan fingerprint density at radius 3 is 1.72 bits per heavy atom. The molecule has 0 aromatic heterocycles. The standard InChI is InChI=1S/C14H9BrF8O2/c1-6(5-10(16)9(4)25-14(21,22)23)24-13(19,20)7(2)11(17)12(18)8(3)15/h5H,1-4H2/b10-5+,12-11-. The van der Waals surface area contributed by atoms with E-state index in [0.717, 1.165) is 0 Å². The summed E-state index contributed by atoms with van der Waals surface area (Å²) in [7, 11) is 0. The lowest BCUT2D eigenvalue weighted by molar-refractivity contribution is -0.304. The van der Waals surface area contributed by atoms with Gasteiger partial charge in [0.25, 0.3) is 0 Å². The van der Waals surface area contributed by atoms with Gasteiger partial charge in [-0.2, -0.15) is 8.78 Å². The molecule has 0 bridgehead atoms. The van der Waals surface area contributed by atoms with Gasteiger partial charge in [-0.05, 0) is 15.9 Å². The highest BCUT2D eigenvalue weighted by Crippen LogP contribution is 2.36. The molecule has 0 heterocycles. The van der Waals surface area contributed by atoms with Gasteiger partial charge in [-0.1, -0.05) is 26.3 Å². The van der Waals surface area contributed by atoms with E-state index in [2.05, 4.69) is 51.7 Å². The smallest absolute Gasteiger partial charge is 0.429 e. The summed E-state index contributed by atoms with van der Waals surface area (Å²) >= 11 is 2.41. The van der Waals surface area contributed by atoms with Crippen molar-refractivity contribution in [1.29, 1.82) is 0 Å². The summed E-state index contributed by atoms with van der Waals surface area (Å²) in [5.41, 5.74) is -1.80. The van der Waals surface area contributed by atoms with Gasteiger partial charge in [-0.3, -0.25) is 0 Å². The zero-order valence-corrected chi connectivity index (χ0v) is 13.7. The molecule has 0 saturated heterocycles. The maximum Gasteiger partial charge on any atom is 0.573 e. The minimum Gasteiger partial charge on any atom is -0.429 e. The summed E-state index contributed by atoms with van der Waals surface area (Å²) in [4.78, 5) is 0. The fourth-order valence-electron chi connectivity index (χ4n) is 1.05. The van der Waals surface area contributed by atoms with E-state index in [4.69, 9.17) is 0 Å². The van der Waals surface area contributed by atoms with Crippen molar-refractivity contribution in [3.8, 4) is 0 Å². The molecule has 0 spiro atoms. The molecule has 0 aliphatic carbocycles. The second-order valence-electron chi connectivity index (χ2n) is 4.06. The number of rotatable bonds is 8. The molecule has 0 unspecified atom stereocenters. The summed E-state index contributed by atoms with van der Waals surface area (Å²) < 4.78 is 109. The molecule has 0 amide bonds. The lowest BCUT2D eigenvalue weighted by Crippen LogP contribution is -2.23. The van der Waals surface area contributed by atoms with Gasteiger partial charge in [-0.25, -0.2) is 13.2 Å². The fraction of sp³-hybridized carbons (Fsp3) is 0.143. The summed E-state index contributed by atoms with van der Waals surface area (Å²) in [5, 5.41) is 0. The van der Waals surface area contributed by atoms with Gasteiger partial charge in [0, 0.05) is 10.6 Å². The minimum absolute atomic E-state index is 0.0311. The predicted molar refractivity (Wildman–Crippen MR) is 77.1 cm³/mol. The molecule has 0 aromatic rings. The van der Waals surface area contributed by atoms with Crippen LogP contribution in [-0.4, -0.2) is 12.5 Å². The first kappa shape index (κ1) is 23.0. The van der Waals surface area contributed by atoms with E-state index >= 15 is 0 Å². The molecule has 0 atom stereocenters. The highest BCUT2D eigenvalue weighted by Gasteiger charge is 2.40. The third kappa shape index (κ3) is 7.59. The maximum atomic E-state index is 13.6. The Kier molecular flexibility index (Phi) is 7.68. The largest absolute Gasteiger partial charge is 0.573 e. The second-order valence-corrected chi connectivity index (χ2v) is 5.02. The Balaban J connectivity index is 5.25. The topological polar surface area (TPSA) is 18.5 Å². The number of ether oxygens (including phenoxy) is 2. The van der Waals surface area contributed by atoms with Crippen molar-refractivity contribution in [2.24, 2.45) is 0 Å². The monoisotopic (exact) mass is 440 g/mol. The lowest BCUT2D eigenvalue weighted by atomic mass is 10.2. The third-order valence-corrected chi connectivity index (χ3v) is 2.45.